The third-order valence-corrected chi connectivity index (χ3v) is 4.68. The van der Waals surface area contributed by atoms with Gasteiger partial charge >= 0.3 is 0 Å². The van der Waals surface area contributed by atoms with E-state index >= 15 is 0 Å². The Labute approximate surface area is 138 Å². The molecule has 0 radical (unpaired) electrons. The summed E-state index contributed by atoms with van der Waals surface area (Å²) < 4.78 is 2.41. The molecule has 0 bridgehead atoms. The first-order chi connectivity index (χ1) is 11.0. The average molecular weight is 306 g/mol. The van der Waals surface area contributed by atoms with Crippen LogP contribution in [0.4, 0.5) is 5.69 Å². The number of para-hydroxylation sites is 1. The van der Waals surface area contributed by atoms with Crippen molar-refractivity contribution >= 4 is 11.4 Å². The Morgan fingerprint density at radius 2 is 1.74 bits per heavy atom. The summed E-state index contributed by atoms with van der Waals surface area (Å²) in [5.41, 5.74) is 5.30. The lowest BCUT2D eigenvalue weighted by molar-refractivity contribution is -0.433. The van der Waals surface area contributed by atoms with Crippen molar-refractivity contribution in [2.75, 3.05) is 6.54 Å². The summed E-state index contributed by atoms with van der Waals surface area (Å²) in [6.45, 7) is 7.76. The van der Waals surface area contributed by atoms with Crippen molar-refractivity contribution in [2.45, 2.75) is 32.6 Å². The molecule has 2 heteroatoms. The van der Waals surface area contributed by atoms with Gasteiger partial charge in [0.1, 0.15) is 12.3 Å². The molecule has 2 nitrogen and oxygen atoms in total. The zero-order valence-corrected chi connectivity index (χ0v) is 14.1. The zero-order valence-electron chi connectivity index (χ0n) is 14.1. The summed E-state index contributed by atoms with van der Waals surface area (Å²) in [6.07, 6.45) is 5.35. The largest absolute Gasteiger partial charge is 0.508 e. The molecule has 1 aliphatic heterocycles. The van der Waals surface area contributed by atoms with E-state index in [9.17, 15) is 5.11 Å². The molecule has 2 aromatic rings. The highest BCUT2D eigenvalue weighted by Crippen LogP contribution is 2.39. The van der Waals surface area contributed by atoms with Gasteiger partial charge in [0.25, 0.3) is 0 Å². The zero-order chi connectivity index (χ0) is 16.4. The smallest absolute Gasteiger partial charge is 0.209 e. The minimum atomic E-state index is 0.0259. The number of allylic oxidation sites excluding steroid dienone is 2. The number of aromatic hydroxyl groups is 1. The van der Waals surface area contributed by atoms with E-state index in [0.717, 1.165) is 13.0 Å². The Kier molecular flexibility index (Phi) is 4.08. The highest BCUT2D eigenvalue weighted by molar-refractivity contribution is 6.03. The molecule has 0 saturated carbocycles. The van der Waals surface area contributed by atoms with Crippen LogP contribution < -0.4 is 0 Å². The van der Waals surface area contributed by atoms with Gasteiger partial charge in [-0.15, -0.1) is 0 Å². The Hall–Kier alpha value is -2.35. The Morgan fingerprint density at radius 1 is 1.04 bits per heavy atom. The summed E-state index contributed by atoms with van der Waals surface area (Å²) in [5.74, 6) is 0.316. The molecule has 0 unspecified atom stereocenters. The van der Waals surface area contributed by atoms with Crippen LogP contribution in [0.25, 0.3) is 0 Å². The molecule has 2 aromatic carbocycles. The van der Waals surface area contributed by atoms with Gasteiger partial charge in [-0.1, -0.05) is 36.4 Å². The summed E-state index contributed by atoms with van der Waals surface area (Å²) in [4.78, 5) is 0. The van der Waals surface area contributed by atoms with E-state index < -0.39 is 0 Å². The average Bonchev–Trinajstić information content (AvgIpc) is 2.77. The third-order valence-electron chi connectivity index (χ3n) is 4.68. The predicted molar refractivity (Wildman–Crippen MR) is 95.9 cm³/mol. The minimum absolute atomic E-state index is 0.0259. The van der Waals surface area contributed by atoms with Gasteiger partial charge in [-0.3, -0.25) is 0 Å². The molecule has 1 aliphatic rings. The molecule has 0 amide bonds. The lowest BCUT2D eigenvalue weighted by Crippen LogP contribution is -2.27. The van der Waals surface area contributed by atoms with Gasteiger partial charge in [0.2, 0.25) is 5.69 Å². The van der Waals surface area contributed by atoms with E-state index in [1.54, 1.807) is 12.1 Å². The SMILES string of the molecule is CC[N+]1=C(C=CCc2ccc(O)cc2)C(C)(C)c2ccccc21. The number of hydrogen-bond acceptors (Lipinski definition) is 1. The van der Waals surface area contributed by atoms with Gasteiger partial charge in [-0.05, 0) is 44.9 Å². The molecule has 0 aromatic heterocycles. The summed E-state index contributed by atoms with van der Waals surface area (Å²) in [7, 11) is 0. The summed E-state index contributed by atoms with van der Waals surface area (Å²) >= 11 is 0. The number of nitrogens with zero attached hydrogens (tertiary/aromatic N) is 1. The molecule has 0 fully saturated rings. The molecule has 1 heterocycles. The first-order valence-electron chi connectivity index (χ1n) is 8.23. The molecule has 0 atom stereocenters. The third kappa shape index (κ3) is 2.81. The van der Waals surface area contributed by atoms with Crippen LogP contribution in [0.2, 0.25) is 0 Å². The van der Waals surface area contributed by atoms with Crippen LogP contribution in [0.15, 0.2) is 60.7 Å². The van der Waals surface area contributed by atoms with Gasteiger partial charge < -0.3 is 5.11 Å². The fourth-order valence-corrected chi connectivity index (χ4v) is 3.42. The lowest BCUT2D eigenvalue weighted by Gasteiger charge is -2.15. The van der Waals surface area contributed by atoms with Gasteiger partial charge in [-0.2, -0.15) is 4.58 Å². The molecule has 0 aliphatic carbocycles. The van der Waals surface area contributed by atoms with Crippen LogP contribution in [0.1, 0.15) is 31.9 Å². The van der Waals surface area contributed by atoms with E-state index in [4.69, 9.17) is 0 Å². The van der Waals surface area contributed by atoms with Gasteiger partial charge in [0.05, 0.1) is 5.41 Å². The maximum atomic E-state index is 9.36. The van der Waals surface area contributed by atoms with Crippen molar-refractivity contribution in [2.24, 2.45) is 0 Å². The Morgan fingerprint density at radius 3 is 2.43 bits per heavy atom. The molecular formula is C21H24NO+. The van der Waals surface area contributed by atoms with E-state index in [2.05, 4.69) is 61.8 Å². The first kappa shape index (κ1) is 15.5. The molecule has 3 rings (SSSR count). The van der Waals surface area contributed by atoms with Gasteiger partial charge in [0.15, 0.2) is 5.71 Å². The number of hydrogen-bond donors (Lipinski definition) is 1. The van der Waals surface area contributed by atoms with Crippen LogP contribution in [0.5, 0.6) is 5.75 Å². The lowest BCUT2D eigenvalue weighted by atomic mass is 9.81. The second-order valence-corrected chi connectivity index (χ2v) is 6.54. The van der Waals surface area contributed by atoms with E-state index in [-0.39, 0.29) is 5.41 Å². The summed E-state index contributed by atoms with van der Waals surface area (Å²) in [5, 5.41) is 9.36. The molecule has 118 valence electrons. The van der Waals surface area contributed by atoms with Crippen LogP contribution in [0.3, 0.4) is 0 Å². The fourth-order valence-electron chi connectivity index (χ4n) is 3.42. The molecular weight excluding hydrogens is 282 g/mol. The van der Waals surface area contributed by atoms with Gasteiger partial charge in [-0.25, -0.2) is 0 Å². The number of fused-ring (bicyclic) bond motifs is 1. The maximum absolute atomic E-state index is 9.36. The number of phenols is 1. The number of rotatable bonds is 4. The van der Waals surface area contributed by atoms with E-state index in [1.165, 1.54) is 22.5 Å². The van der Waals surface area contributed by atoms with E-state index in [0.29, 0.717) is 5.75 Å². The quantitative estimate of drug-likeness (QED) is 0.821. The van der Waals surface area contributed by atoms with Crippen LogP contribution in [-0.4, -0.2) is 21.9 Å². The molecule has 0 spiro atoms. The second-order valence-electron chi connectivity index (χ2n) is 6.54. The molecule has 23 heavy (non-hydrogen) atoms. The van der Waals surface area contributed by atoms with Crippen LogP contribution in [0, 0.1) is 0 Å². The van der Waals surface area contributed by atoms with Crippen molar-refractivity contribution < 1.29 is 9.68 Å². The Bertz CT molecular complexity index is 767. The van der Waals surface area contributed by atoms with E-state index in [1.807, 2.05) is 12.1 Å². The van der Waals surface area contributed by atoms with Crippen LogP contribution >= 0.6 is 0 Å². The monoisotopic (exact) mass is 306 g/mol. The number of phenolic OH excluding ortho intramolecular Hbond substituents is 1. The Balaban J connectivity index is 1.89. The number of benzene rings is 2. The van der Waals surface area contributed by atoms with Crippen molar-refractivity contribution in [3.8, 4) is 5.75 Å². The van der Waals surface area contributed by atoms with Crippen molar-refractivity contribution in [1.82, 2.24) is 0 Å². The molecule has 1 N–H and O–H groups in total. The van der Waals surface area contributed by atoms with Crippen molar-refractivity contribution in [3.05, 3.63) is 71.8 Å². The fraction of sp³-hybridized carbons (Fsp3) is 0.286. The van der Waals surface area contributed by atoms with Crippen LogP contribution in [-0.2, 0) is 11.8 Å². The predicted octanol–water partition coefficient (Wildman–Crippen LogP) is 4.59. The standard InChI is InChI=1S/C21H23NO/c1-4-22-19-10-6-5-9-18(19)21(2,3)20(22)11-7-8-16-12-14-17(23)15-13-16/h5-7,9-15H,4,8H2,1-3H3/p+1. The second kappa shape index (κ2) is 6.04. The highest BCUT2D eigenvalue weighted by atomic mass is 16.3. The topological polar surface area (TPSA) is 23.2 Å². The molecule has 0 saturated heterocycles. The minimum Gasteiger partial charge on any atom is -0.508 e. The van der Waals surface area contributed by atoms with Crippen molar-refractivity contribution in [3.63, 3.8) is 0 Å². The normalized spacial score (nSPS) is 16.1. The van der Waals surface area contributed by atoms with Crippen molar-refractivity contribution in [1.29, 1.82) is 0 Å². The highest BCUT2D eigenvalue weighted by Gasteiger charge is 2.43. The van der Waals surface area contributed by atoms with Gasteiger partial charge in [0, 0.05) is 17.7 Å². The summed E-state index contributed by atoms with van der Waals surface area (Å²) in [6, 6.07) is 16.1. The maximum Gasteiger partial charge on any atom is 0.209 e. The first-order valence-corrected chi connectivity index (χ1v) is 8.23.